The average molecular weight is 414 g/mol. The minimum absolute atomic E-state index is 0.0639. The third-order valence-electron chi connectivity index (χ3n) is 5.38. The number of aryl methyl sites for hydroxylation is 1. The first-order valence-electron chi connectivity index (χ1n) is 9.69. The first-order chi connectivity index (χ1) is 14.3. The number of aromatic nitrogens is 2. The lowest BCUT2D eigenvalue weighted by molar-refractivity contribution is -0.137. The van der Waals surface area contributed by atoms with Crippen molar-refractivity contribution >= 4 is 11.7 Å². The number of urea groups is 1. The molecular weight excluding hydrogens is 393 g/mol. The highest BCUT2D eigenvalue weighted by molar-refractivity contribution is 5.92. The number of carbonyl (C=O) groups excluding carboxylic acids is 1. The van der Waals surface area contributed by atoms with Crippen LogP contribution in [0, 0.1) is 6.92 Å². The fraction of sp³-hybridized carbons (Fsp3) is 0.273. The van der Waals surface area contributed by atoms with Gasteiger partial charge in [-0.05, 0) is 55.2 Å². The van der Waals surface area contributed by atoms with E-state index in [9.17, 15) is 18.0 Å². The molecule has 8 heteroatoms. The van der Waals surface area contributed by atoms with Crippen LogP contribution in [0.4, 0.5) is 23.7 Å². The molecule has 0 aliphatic carbocycles. The van der Waals surface area contributed by atoms with Gasteiger partial charge in [-0.15, -0.1) is 0 Å². The molecule has 1 N–H and O–H groups in total. The predicted molar refractivity (Wildman–Crippen MR) is 107 cm³/mol. The van der Waals surface area contributed by atoms with Crippen LogP contribution in [-0.4, -0.2) is 27.3 Å². The SMILES string of the molecule is Cc1ccccc1C1CCCN1C(=O)Nc1cc(C(F)(F)F)ccc1-n1cccn1. The maximum absolute atomic E-state index is 13.3. The molecule has 30 heavy (non-hydrogen) atoms. The summed E-state index contributed by atoms with van der Waals surface area (Å²) in [5, 5.41) is 6.79. The van der Waals surface area contributed by atoms with E-state index in [-0.39, 0.29) is 11.7 Å². The Balaban J connectivity index is 1.66. The van der Waals surface area contributed by atoms with Crippen molar-refractivity contribution in [1.29, 1.82) is 0 Å². The zero-order valence-electron chi connectivity index (χ0n) is 16.4. The second kappa shape index (κ2) is 7.85. The summed E-state index contributed by atoms with van der Waals surface area (Å²) in [6.07, 6.45) is 0.273. The van der Waals surface area contributed by atoms with Crippen LogP contribution >= 0.6 is 0 Å². The molecule has 1 aliphatic heterocycles. The largest absolute Gasteiger partial charge is 0.416 e. The van der Waals surface area contributed by atoms with Crippen molar-refractivity contribution in [3.8, 4) is 5.69 Å². The lowest BCUT2D eigenvalue weighted by atomic mass is 9.99. The van der Waals surface area contributed by atoms with Crippen LogP contribution in [0.15, 0.2) is 60.9 Å². The lowest BCUT2D eigenvalue weighted by Crippen LogP contribution is -2.35. The average Bonchev–Trinajstić information content (AvgIpc) is 3.40. The van der Waals surface area contributed by atoms with Gasteiger partial charge in [0.2, 0.25) is 0 Å². The molecule has 2 aromatic carbocycles. The van der Waals surface area contributed by atoms with Gasteiger partial charge in [0.05, 0.1) is 23.0 Å². The van der Waals surface area contributed by atoms with Crippen LogP contribution in [0.3, 0.4) is 0 Å². The molecule has 5 nitrogen and oxygen atoms in total. The number of carbonyl (C=O) groups is 1. The number of nitrogens with zero attached hydrogens (tertiary/aromatic N) is 3. The highest BCUT2D eigenvalue weighted by Crippen LogP contribution is 2.36. The van der Waals surface area contributed by atoms with E-state index in [1.807, 2.05) is 31.2 Å². The summed E-state index contributed by atoms with van der Waals surface area (Å²) in [6, 6.07) is 12.2. The standard InChI is InChI=1S/C22H21F3N4O/c1-15-6-2-3-7-17(15)19-8-4-12-28(19)21(30)27-18-14-16(22(23,24)25)9-10-20(18)29-13-5-11-26-29/h2-3,5-7,9-11,13-14,19H,4,8,12H2,1H3,(H,27,30). The molecule has 2 heterocycles. The number of benzene rings is 2. The number of likely N-dealkylation sites (tertiary alicyclic amines) is 1. The molecule has 1 saturated heterocycles. The van der Waals surface area contributed by atoms with E-state index in [1.165, 1.54) is 16.9 Å². The Morgan fingerprint density at radius 1 is 1.17 bits per heavy atom. The highest BCUT2D eigenvalue weighted by Gasteiger charge is 2.33. The van der Waals surface area contributed by atoms with Crippen LogP contribution in [0.25, 0.3) is 5.69 Å². The lowest BCUT2D eigenvalue weighted by Gasteiger charge is -2.27. The molecule has 156 valence electrons. The number of amides is 2. The topological polar surface area (TPSA) is 50.2 Å². The van der Waals surface area contributed by atoms with Gasteiger partial charge in [-0.3, -0.25) is 0 Å². The van der Waals surface area contributed by atoms with Crippen LogP contribution in [0.2, 0.25) is 0 Å². The van der Waals surface area contributed by atoms with E-state index in [0.717, 1.165) is 36.1 Å². The Hall–Kier alpha value is -3.29. The van der Waals surface area contributed by atoms with Gasteiger partial charge in [0.1, 0.15) is 0 Å². The zero-order valence-corrected chi connectivity index (χ0v) is 16.4. The number of alkyl halides is 3. The van der Waals surface area contributed by atoms with E-state index in [4.69, 9.17) is 0 Å². The molecule has 1 fully saturated rings. The maximum atomic E-state index is 13.3. The fourth-order valence-electron chi connectivity index (χ4n) is 3.90. The van der Waals surface area contributed by atoms with Gasteiger partial charge < -0.3 is 10.2 Å². The molecule has 0 radical (unpaired) electrons. The van der Waals surface area contributed by atoms with Gasteiger partial charge in [0.25, 0.3) is 0 Å². The Labute approximate surface area is 172 Å². The van der Waals surface area contributed by atoms with Crippen LogP contribution < -0.4 is 5.32 Å². The summed E-state index contributed by atoms with van der Waals surface area (Å²) in [7, 11) is 0. The first-order valence-corrected chi connectivity index (χ1v) is 9.69. The molecule has 2 amide bonds. The van der Waals surface area contributed by atoms with Gasteiger partial charge >= 0.3 is 12.2 Å². The van der Waals surface area contributed by atoms with Crippen molar-refractivity contribution in [1.82, 2.24) is 14.7 Å². The minimum atomic E-state index is -4.51. The number of nitrogens with one attached hydrogen (secondary N) is 1. The minimum Gasteiger partial charge on any atom is -0.317 e. The molecule has 1 unspecified atom stereocenters. The summed E-state index contributed by atoms with van der Waals surface area (Å²) in [4.78, 5) is 14.8. The first kappa shape index (κ1) is 20.0. The molecule has 1 aromatic heterocycles. The van der Waals surface area contributed by atoms with E-state index >= 15 is 0 Å². The maximum Gasteiger partial charge on any atom is 0.416 e. The molecule has 4 rings (SSSR count). The van der Waals surface area contributed by atoms with E-state index in [2.05, 4.69) is 10.4 Å². The number of rotatable bonds is 3. The van der Waals surface area contributed by atoms with Crippen LogP contribution in [0.1, 0.15) is 35.6 Å². The molecule has 0 spiro atoms. The van der Waals surface area contributed by atoms with E-state index in [0.29, 0.717) is 12.2 Å². The van der Waals surface area contributed by atoms with Gasteiger partial charge in [0.15, 0.2) is 0 Å². The van der Waals surface area contributed by atoms with Gasteiger partial charge in [0, 0.05) is 18.9 Å². The molecule has 1 atom stereocenters. The third-order valence-corrected chi connectivity index (χ3v) is 5.38. The van der Waals surface area contributed by atoms with E-state index in [1.54, 1.807) is 17.2 Å². The van der Waals surface area contributed by atoms with Crippen molar-refractivity contribution in [2.24, 2.45) is 0 Å². The Morgan fingerprint density at radius 3 is 2.67 bits per heavy atom. The van der Waals surface area contributed by atoms with Gasteiger partial charge in [-0.25, -0.2) is 9.48 Å². The third kappa shape index (κ3) is 3.90. The monoisotopic (exact) mass is 414 g/mol. The number of hydrogen-bond donors (Lipinski definition) is 1. The van der Waals surface area contributed by atoms with Crippen molar-refractivity contribution in [3.63, 3.8) is 0 Å². The summed E-state index contributed by atoms with van der Waals surface area (Å²) in [5.41, 5.74) is 1.74. The van der Waals surface area contributed by atoms with Crippen LogP contribution in [-0.2, 0) is 6.18 Å². The molecule has 3 aromatic rings. The fourth-order valence-corrected chi connectivity index (χ4v) is 3.90. The summed E-state index contributed by atoms with van der Waals surface area (Å²) >= 11 is 0. The Morgan fingerprint density at radius 2 is 1.97 bits per heavy atom. The van der Waals surface area contributed by atoms with Crippen LogP contribution in [0.5, 0.6) is 0 Å². The number of halogens is 3. The van der Waals surface area contributed by atoms with Crippen molar-refractivity contribution < 1.29 is 18.0 Å². The summed E-state index contributed by atoms with van der Waals surface area (Å²) < 4.78 is 41.2. The van der Waals surface area contributed by atoms with Gasteiger partial charge in [-0.1, -0.05) is 24.3 Å². The smallest absolute Gasteiger partial charge is 0.317 e. The predicted octanol–water partition coefficient (Wildman–Crippen LogP) is 5.57. The summed E-state index contributed by atoms with van der Waals surface area (Å²) in [6.45, 7) is 2.53. The van der Waals surface area contributed by atoms with E-state index < -0.39 is 17.8 Å². The molecular formula is C22H21F3N4O. The second-order valence-corrected chi connectivity index (χ2v) is 7.32. The molecule has 0 saturated carbocycles. The highest BCUT2D eigenvalue weighted by atomic mass is 19.4. The Kier molecular flexibility index (Phi) is 5.24. The summed E-state index contributed by atoms with van der Waals surface area (Å²) in [5.74, 6) is 0. The quantitative estimate of drug-likeness (QED) is 0.609. The van der Waals surface area contributed by atoms with Gasteiger partial charge in [-0.2, -0.15) is 18.3 Å². The number of hydrogen-bond acceptors (Lipinski definition) is 2. The molecule has 1 aliphatic rings. The number of anilines is 1. The normalized spacial score (nSPS) is 16.7. The van der Waals surface area contributed by atoms with Crippen molar-refractivity contribution in [2.75, 3.05) is 11.9 Å². The zero-order chi connectivity index (χ0) is 21.3. The Bertz CT molecular complexity index is 1050. The second-order valence-electron chi connectivity index (χ2n) is 7.32. The van der Waals surface area contributed by atoms with Crippen molar-refractivity contribution in [3.05, 3.63) is 77.6 Å². The molecule has 0 bridgehead atoms. The van der Waals surface area contributed by atoms with Crippen molar-refractivity contribution in [2.45, 2.75) is 32.0 Å².